The van der Waals surface area contributed by atoms with Crippen molar-refractivity contribution in [3.63, 3.8) is 0 Å². The van der Waals surface area contributed by atoms with Crippen LogP contribution in [0.4, 0.5) is 5.82 Å². The van der Waals surface area contributed by atoms with Crippen molar-refractivity contribution < 1.29 is 19.1 Å². The van der Waals surface area contributed by atoms with Gasteiger partial charge >= 0.3 is 0 Å². The van der Waals surface area contributed by atoms with E-state index in [1.165, 1.54) is 24.6 Å². The van der Waals surface area contributed by atoms with Gasteiger partial charge in [0.1, 0.15) is 12.4 Å². The maximum absolute atomic E-state index is 13.2. The second-order valence-corrected chi connectivity index (χ2v) is 11.1. The number of carbonyl (C=O) groups excluding carboxylic acids is 3. The number of nitrogens with zero attached hydrogens (tertiary/aromatic N) is 4. The number of hydrogen-bond donors (Lipinski definition) is 4. The Balaban J connectivity index is 1.44. The number of anilines is 1. The molecule has 0 aliphatic carbocycles. The number of methoxy groups -OCH3 is 1. The number of fused-ring (bicyclic) bond motifs is 1. The molecule has 0 bridgehead atoms. The molecule has 1 saturated heterocycles. The molecular weight excluding hydrogens is 538 g/mol. The highest BCUT2D eigenvalue weighted by molar-refractivity contribution is 7.82. The van der Waals surface area contributed by atoms with E-state index < -0.39 is 17.5 Å². The predicted octanol–water partition coefficient (Wildman–Crippen LogP) is 1.01. The summed E-state index contributed by atoms with van der Waals surface area (Å²) in [6, 6.07) is 2.36. The molecule has 2 aliphatic heterocycles. The number of hydrogen-bond acceptors (Lipinski definition) is 10. The van der Waals surface area contributed by atoms with Crippen LogP contribution in [-0.2, 0) is 27.3 Å². The molecule has 1 unspecified atom stereocenters. The Morgan fingerprint density at radius 1 is 1.27 bits per heavy atom. The van der Waals surface area contributed by atoms with Gasteiger partial charge in [-0.05, 0) is 25.6 Å². The monoisotopic (exact) mass is 567 g/mol. The van der Waals surface area contributed by atoms with Gasteiger partial charge in [0.05, 0.1) is 22.8 Å². The number of ether oxygens (including phenoxy) is 1. The highest BCUT2D eigenvalue weighted by Crippen LogP contribution is 2.25. The molecule has 4 rings (SSSR count). The van der Waals surface area contributed by atoms with E-state index in [9.17, 15) is 14.4 Å². The lowest BCUT2D eigenvalue weighted by Gasteiger charge is -2.39. The molecule has 0 radical (unpaired) electrons. The Morgan fingerprint density at radius 3 is 2.81 bits per heavy atom. The van der Waals surface area contributed by atoms with Crippen LogP contribution < -0.4 is 16.0 Å². The fourth-order valence-electron chi connectivity index (χ4n) is 4.29. The largest absolute Gasteiger partial charge is 0.375 e. The average molecular weight is 568 g/mol. The van der Waals surface area contributed by atoms with E-state index in [1.54, 1.807) is 17.0 Å². The number of amides is 3. The Morgan fingerprint density at radius 2 is 2.08 bits per heavy atom. The first-order valence-corrected chi connectivity index (χ1v) is 13.6. The molecule has 37 heavy (non-hydrogen) atoms. The minimum absolute atomic E-state index is 0.0544. The highest BCUT2D eigenvalue weighted by Gasteiger charge is 2.35. The molecular formula is C23H30ClN7O4S2. The van der Waals surface area contributed by atoms with Gasteiger partial charge in [0, 0.05) is 50.8 Å². The zero-order valence-corrected chi connectivity index (χ0v) is 23.0. The first-order chi connectivity index (χ1) is 17.7. The van der Waals surface area contributed by atoms with Crippen LogP contribution in [0, 0.1) is 0 Å². The van der Waals surface area contributed by atoms with Crippen molar-refractivity contribution in [1.82, 2.24) is 30.4 Å². The summed E-state index contributed by atoms with van der Waals surface area (Å²) in [5.74, 6) is -0.434. The molecule has 4 heterocycles. The molecule has 2 aromatic heterocycles. The quantitative estimate of drug-likeness (QED) is 0.275. The lowest BCUT2D eigenvalue weighted by molar-refractivity contribution is -0.136. The number of thiol groups is 1. The minimum atomic E-state index is -0.888. The number of likely N-dealkylation sites (N-methyl/N-ethyl adjacent to an activating group) is 1. The van der Waals surface area contributed by atoms with Gasteiger partial charge in [-0.1, -0.05) is 11.6 Å². The van der Waals surface area contributed by atoms with E-state index >= 15 is 0 Å². The molecule has 0 saturated carbocycles. The fourth-order valence-corrected chi connectivity index (χ4v) is 5.70. The summed E-state index contributed by atoms with van der Waals surface area (Å²) >= 11 is 11.6. The number of likely N-dealkylation sites (tertiary alicyclic amines) is 1. The molecule has 3 atom stereocenters. The van der Waals surface area contributed by atoms with Crippen molar-refractivity contribution in [1.29, 1.82) is 0 Å². The van der Waals surface area contributed by atoms with Crippen molar-refractivity contribution >= 4 is 59.1 Å². The molecule has 14 heteroatoms. The topological polar surface area (TPSA) is 129 Å². The lowest BCUT2D eigenvalue weighted by atomic mass is 9.98. The lowest BCUT2D eigenvalue weighted by Crippen LogP contribution is -2.62. The predicted molar refractivity (Wildman–Crippen MR) is 144 cm³/mol. The molecule has 0 spiro atoms. The zero-order valence-electron chi connectivity index (χ0n) is 20.6. The van der Waals surface area contributed by atoms with Gasteiger partial charge in [-0.15, -0.1) is 24.0 Å². The SMILES string of the molecule is COCC(=O)N1CC[C@H](NC(=O)C(S)Nc2ccc(Cl)cn2)[C@H](NC(=O)c2nc3c(s2)CN(C)CC3)C1. The minimum Gasteiger partial charge on any atom is -0.375 e. The second kappa shape index (κ2) is 12.4. The number of piperidine rings is 1. The smallest absolute Gasteiger partial charge is 0.280 e. The van der Waals surface area contributed by atoms with Gasteiger partial charge < -0.3 is 30.5 Å². The summed E-state index contributed by atoms with van der Waals surface area (Å²) in [7, 11) is 3.50. The van der Waals surface area contributed by atoms with Crippen molar-refractivity contribution in [3.8, 4) is 0 Å². The maximum Gasteiger partial charge on any atom is 0.280 e. The number of halogens is 1. The van der Waals surface area contributed by atoms with Crippen molar-refractivity contribution in [2.75, 3.05) is 45.7 Å². The zero-order chi connectivity index (χ0) is 26.5. The molecule has 3 amide bonds. The number of aromatic nitrogens is 2. The van der Waals surface area contributed by atoms with Crippen LogP contribution in [0.5, 0.6) is 0 Å². The summed E-state index contributed by atoms with van der Waals surface area (Å²) in [4.78, 5) is 52.2. The van der Waals surface area contributed by atoms with Crippen LogP contribution in [0.25, 0.3) is 0 Å². The molecule has 0 aromatic carbocycles. The third-order valence-electron chi connectivity index (χ3n) is 6.25. The van der Waals surface area contributed by atoms with Gasteiger partial charge in [0.25, 0.3) is 11.8 Å². The van der Waals surface area contributed by atoms with Crippen molar-refractivity contribution in [3.05, 3.63) is 38.9 Å². The summed E-state index contributed by atoms with van der Waals surface area (Å²) in [5.41, 5.74) is 0.957. The molecule has 2 aliphatic rings. The molecule has 11 nitrogen and oxygen atoms in total. The number of nitrogens with one attached hydrogen (secondary N) is 3. The van der Waals surface area contributed by atoms with E-state index in [2.05, 4.69) is 43.4 Å². The standard InChI is InChI=1S/C23H30ClN7O4S2/c1-30-7-5-15-17(11-30)37-23(28-15)21(34)27-16-10-31(19(32)12-35-2)8-6-14(16)26-20(33)22(36)29-18-4-3-13(24)9-25-18/h3-4,9,14,16,22,36H,5-8,10-12H2,1-2H3,(H,25,29)(H,26,33)(H,27,34)/t14-,16+,22?/m0/s1. The summed E-state index contributed by atoms with van der Waals surface area (Å²) < 4.78 is 4.99. The molecule has 3 N–H and O–H groups in total. The molecule has 200 valence electrons. The fraction of sp³-hybridized carbons (Fsp3) is 0.522. The highest BCUT2D eigenvalue weighted by atomic mass is 35.5. The van der Waals surface area contributed by atoms with Crippen LogP contribution in [0.3, 0.4) is 0 Å². The van der Waals surface area contributed by atoms with Gasteiger partial charge in [0.2, 0.25) is 5.91 Å². The van der Waals surface area contributed by atoms with E-state index in [0.717, 1.165) is 30.1 Å². The van der Waals surface area contributed by atoms with Crippen LogP contribution >= 0.6 is 35.6 Å². The van der Waals surface area contributed by atoms with Crippen molar-refractivity contribution in [2.24, 2.45) is 0 Å². The average Bonchev–Trinajstić information content (AvgIpc) is 3.30. The molecule has 2 aromatic rings. The van der Waals surface area contributed by atoms with E-state index in [4.69, 9.17) is 16.3 Å². The van der Waals surface area contributed by atoms with Gasteiger partial charge in [-0.25, -0.2) is 9.97 Å². The van der Waals surface area contributed by atoms with Crippen LogP contribution in [-0.4, -0.2) is 95.3 Å². The summed E-state index contributed by atoms with van der Waals surface area (Å²) in [5, 5.41) is 8.86. The van der Waals surface area contributed by atoms with Crippen LogP contribution in [0.15, 0.2) is 18.3 Å². The van der Waals surface area contributed by atoms with Gasteiger partial charge in [-0.2, -0.15) is 0 Å². The third kappa shape index (κ3) is 7.11. The van der Waals surface area contributed by atoms with E-state index in [-0.39, 0.29) is 30.9 Å². The number of thiazole rings is 1. The van der Waals surface area contributed by atoms with Crippen molar-refractivity contribution in [2.45, 2.75) is 36.8 Å². The number of pyridine rings is 1. The second-order valence-electron chi connectivity index (χ2n) is 9.04. The maximum atomic E-state index is 13.2. The van der Waals surface area contributed by atoms with Crippen LogP contribution in [0.1, 0.15) is 26.8 Å². The van der Waals surface area contributed by atoms with Crippen LogP contribution in [0.2, 0.25) is 5.02 Å². The third-order valence-corrected chi connectivity index (χ3v) is 7.92. The summed E-state index contributed by atoms with van der Waals surface area (Å²) in [6.07, 6.45) is 2.72. The molecule has 1 fully saturated rings. The first kappa shape index (κ1) is 27.6. The Hall–Kier alpha value is -2.45. The first-order valence-electron chi connectivity index (χ1n) is 11.8. The summed E-state index contributed by atoms with van der Waals surface area (Å²) in [6.45, 7) is 2.26. The van der Waals surface area contributed by atoms with E-state index in [0.29, 0.717) is 28.8 Å². The van der Waals surface area contributed by atoms with Gasteiger partial charge in [0.15, 0.2) is 10.4 Å². The number of rotatable bonds is 8. The normalized spacial score (nSPS) is 20.6. The Kier molecular flexibility index (Phi) is 9.24. The Labute approximate surface area is 229 Å². The number of carbonyl (C=O) groups is 3. The van der Waals surface area contributed by atoms with E-state index in [1.807, 2.05) is 7.05 Å². The van der Waals surface area contributed by atoms with Gasteiger partial charge in [-0.3, -0.25) is 14.4 Å². The Bertz CT molecular complexity index is 1130.